The molecule has 5 nitrogen and oxygen atoms in total. The predicted octanol–water partition coefficient (Wildman–Crippen LogP) is 0.938. The largest absolute Gasteiger partial charge is 0.391 e. The van der Waals surface area contributed by atoms with Crippen LogP contribution >= 0.6 is 0 Å². The standard InChI is InChI=1S/C16H19FN2O3/c1-10(20)18-7-12(8-18)16(22)19-9-14(21)6-15(19)11-2-4-13(17)5-3-11/h2-5,12,14-15,21H,6-9H2,1H3/t14-,15-/m0/s1. The lowest BCUT2D eigenvalue weighted by atomic mass is 9.96. The summed E-state index contributed by atoms with van der Waals surface area (Å²) in [7, 11) is 0. The molecule has 6 heteroatoms. The van der Waals surface area contributed by atoms with Gasteiger partial charge < -0.3 is 14.9 Å². The van der Waals surface area contributed by atoms with Crippen LogP contribution in [0.5, 0.6) is 0 Å². The first-order valence-electron chi connectivity index (χ1n) is 7.45. The van der Waals surface area contributed by atoms with Gasteiger partial charge in [-0.15, -0.1) is 0 Å². The number of aliphatic hydroxyl groups excluding tert-OH is 1. The smallest absolute Gasteiger partial charge is 0.229 e. The summed E-state index contributed by atoms with van der Waals surface area (Å²) in [5, 5.41) is 9.92. The van der Waals surface area contributed by atoms with E-state index in [9.17, 15) is 19.1 Å². The summed E-state index contributed by atoms with van der Waals surface area (Å²) in [5.74, 6) is -0.586. The monoisotopic (exact) mass is 306 g/mol. The molecule has 0 aliphatic carbocycles. The van der Waals surface area contributed by atoms with E-state index in [1.165, 1.54) is 19.1 Å². The molecule has 118 valence electrons. The van der Waals surface area contributed by atoms with E-state index in [2.05, 4.69) is 0 Å². The zero-order valence-electron chi connectivity index (χ0n) is 12.4. The maximum absolute atomic E-state index is 13.0. The number of halogens is 1. The molecule has 0 unspecified atom stereocenters. The number of aliphatic hydroxyl groups is 1. The molecule has 2 fully saturated rings. The molecule has 2 heterocycles. The number of benzene rings is 1. The molecule has 2 aliphatic heterocycles. The Kier molecular flexibility index (Phi) is 3.87. The lowest BCUT2D eigenvalue weighted by molar-refractivity contribution is -0.148. The van der Waals surface area contributed by atoms with Crippen LogP contribution < -0.4 is 0 Å². The quantitative estimate of drug-likeness (QED) is 0.884. The Morgan fingerprint density at radius 3 is 2.41 bits per heavy atom. The number of likely N-dealkylation sites (tertiary alicyclic amines) is 2. The molecule has 0 radical (unpaired) electrons. The zero-order chi connectivity index (χ0) is 15.9. The van der Waals surface area contributed by atoms with Crippen molar-refractivity contribution in [3.05, 3.63) is 35.6 Å². The number of amides is 2. The second-order valence-electron chi connectivity index (χ2n) is 6.07. The van der Waals surface area contributed by atoms with E-state index in [0.717, 1.165) is 5.56 Å². The van der Waals surface area contributed by atoms with Crippen molar-refractivity contribution in [3.63, 3.8) is 0 Å². The molecule has 2 amide bonds. The maximum Gasteiger partial charge on any atom is 0.229 e. The minimum Gasteiger partial charge on any atom is -0.391 e. The van der Waals surface area contributed by atoms with Crippen LogP contribution in [-0.2, 0) is 9.59 Å². The summed E-state index contributed by atoms with van der Waals surface area (Å²) in [6.45, 7) is 2.66. The number of carbonyl (C=O) groups excluding carboxylic acids is 2. The SMILES string of the molecule is CC(=O)N1CC(C(=O)N2C[C@@H](O)C[C@H]2c2ccc(F)cc2)C1. The van der Waals surface area contributed by atoms with E-state index in [-0.39, 0.29) is 36.1 Å². The van der Waals surface area contributed by atoms with Crippen LogP contribution in [0.4, 0.5) is 4.39 Å². The van der Waals surface area contributed by atoms with E-state index in [0.29, 0.717) is 19.5 Å². The number of β-amino-alcohol motifs (C(OH)–C–C–N with tert-alkyl or cyclic N) is 1. The number of carbonyl (C=O) groups is 2. The Balaban J connectivity index is 1.72. The molecule has 1 aromatic rings. The van der Waals surface area contributed by atoms with Gasteiger partial charge in [0.05, 0.1) is 18.1 Å². The van der Waals surface area contributed by atoms with Crippen LogP contribution in [0.1, 0.15) is 24.9 Å². The van der Waals surface area contributed by atoms with E-state index >= 15 is 0 Å². The van der Waals surface area contributed by atoms with Gasteiger partial charge in [-0.3, -0.25) is 9.59 Å². The topological polar surface area (TPSA) is 60.9 Å². The predicted molar refractivity (Wildman–Crippen MR) is 77.2 cm³/mol. The van der Waals surface area contributed by atoms with Crippen LogP contribution in [0, 0.1) is 11.7 Å². The average Bonchev–Trinajstić information content (AvgIpc) is 2.79. The Hall–Kier alpha value is -1.95. The normalized spacial score (nSPS) is 25.2. The molecule has 2 atom stereocenters. The van der Waals surface area contributed by atoms with E-state index in [4.69, 9.17) is 0 Å². The Labute approximate surface area is 128 Å². The Bertz CT molecular complexity index is 584. The van der Waals surface area contributed by atoms with E-state index < -0.39 is 6.10 Å². The van der Waals surface area contributed by atoms with Crippen molar-refractivity contribution in [3.8, 4) is 0 Å². The van der Waals surface area contributed by atoms with Gasteiger partial charge in [-0.05, 0) is 24.1 Å². The lowest BCUT2D eigenvalue weighted by Gasteiger charge is -2.40. The van der Waals surface area contributed by atoms with E-state index in [1.54, 1.807) is 21.9 Å². The van der Waals surface area contributed by atoms with Crippen molar-refractivity contribution >= 4 is 11.8 Å². The lowest BCUT2D eigenvalue weighted by Crippen LogP contribution is -2.55. The van der Waals surface area contributed by atoms with E-state index in [1.807, 2.05) is 0 Å². The molecule has 3 rings (SSSR count). The summed E-state index contributed by atoms with van der Waals surface area (Å²) >= 11 is 0. The first-order chi connectivity index (χ1) is 10.5. The average molecular weight is 306 g/mol. The van der Waals surface area contributed by atoms with Crippen molar-refractivity contribution < 1.29 is 19.1 Å². The highest BCUT2D eigenvalue weighted by Crippen LogP contribution is 2.34. The van der Waals surface area contributed by atoms with Crippen LogP contribution in [-0.4, -0.2) is 52.5 Å². The van der Waals surface area contributed by atoms with Crippen molar-refractivity contribution in [1.82, 2.24) is 9.80 Å². The zero-order valence-corrected chi connectivity index (χ0v) is 12.4. The van der Waals surface area contributed by atoms with Crippen molar-refractivity contribution in [1.29, 1.82) is 0 Å². The van der Waals surface area contributed by atoms with Gasteiger partial charge in [0.2, 0.25) is 11.8 Å². The fourth-order valence-corrected chi connectivity index (χ4v) is 3.18. The third-order valence-electron chi connectivity index (χ3n) is 4.49. The molecule has 22 heavy (non-hydrogen) atoms. The van der Waals surface area contributed by atoms with Gasteiger partial charge >= 0.3 is 0 Å². The van der Waals surface area contributed by atoms with Gasteiger partial charge in [0.1, 0.15) is 5.82 Å². The number of nitrogens with zero attached hydrogens (tertiary/aromatic N) is 2. The Morgan fingerprint density at radius 2 is 1.82 bits per heavy atom. The van der Waals surface area contributed by atoms with Gasteiger partial charge in [-0.2, -0.15) is 0 Å². The Morgan fingerprint density at radius 1 is 1.18 bits per heavy atom. The fraction of sp³-hybridized carbons (Fsp3) is 0.500. The summed E-state index contributed by atoms with van der Waals surface area (Å²) in [6.07, 6.45) is -0.108. The molecule has 1 aromatic carbocycles. The molecule has 0 saturated carbocycles. The fourth-order valence-electron chi connectivity index (χ4n) is 3.18. The molecular weight excluding hydrogens is 287 g/mol. The summed E-state index contributed by atoms with van der Waals surface area (Å²) in [5.41, 5.74) is 0.828. The molecule has 0 spiro atoms. The summed E-state index contributed by atoms with van der Waals surface area (Å²) in [6, 6.07) is 5.81. The highest BCUT2D eigenvalue weighted by Gasteiger charge is 2.42. The van der Waals surface area contributed by atoms with Crippen LogP contribution in [0.3, 0.4) is 0 Å². The molecular formula is C16H19FN2O3. The maximum atomic E-state index is 13.0. The molecule has 0 aromatic heterocycles. The molecule has 2 saturated heterocycles. The highest BCUT2D eigenvalue weighted by molar-refractivity contribution is 5.84. The minimum absolute atomic E-state index is 0.0272. The minimum atomic E-state index is -0.567. The van der Waals surface area contributed by atoms with Crippen LogP contribution in [0.25, 0.3) is 0 Å². The number of rotatable bonds is 2. The third kappa shape index (κ3) is 2.70. The molecule has 0 bridgehead atoms. The van der Waals surface area contributed by atoms with Gasteiger partial charge in [0, 0.05) is 26.6 Å². The number of hydrogen-bond acceptors (Lipinski definition) is 3. The van der Waals surface area contributed by atoms with Gasteiger partial charge in [0.15, 0.2) is 0 Å². The van der Waals surface area contributed by atoms with Crippen molar-refractivity contribution in [2.45, 2.75) is 25.5 Å². The second kappa shape index (κ2) is 5.68. The summed E-state index contributed by atoms with van der Waals surface area (Å²) in [4.78, 5) is 27.1. The van der Waals surface area contributed by atoms with Gasteiger partial charge in [-0.1, -0.05) is 12.1 Å². The second-order valence-corrected chi connectivity index (χ2v) is 6.07. The molecule has 1 N–H and O–H groups in total. The highest BCUT2D eigenvalue weighted by atomic mass is 19.1. The van der Waals surface area contributed by atoms with Crippen LogP contribution in [0.15, 0.2) is 24.3 Å². The first-order valence-corrected chi connectivity index (χ1v) is 7.45. The third-order valence-corrected chi connectivity index (χ3v) is 4.49. The van der Waals surface area contributed by atoms with Crippen molar-refractivity contribution in [2.75, 3.05) is 19.6 Å². The summed E-state index contributed by atoms with van der Waals surface area (Å²) < 4.78 is 13.0. The number of hydrogen-bond donors (Lipinski definition) is 1. The van der Waals surface area contributed by atoms with Gasteiger partial charge in [0.25, 0.3) is 0 Å². The molecule has 2 aliphatic rings. The van der Waals surface area contributed by atoms with Crippen molar-refractivity contribution in [2.24, 2.45) is 5.92 Å². The first kappa shape index (κ1) is 15.0. The van der Waals surface area contributed by atoms with Crippen LogP contribution in [0.2, 0.25) is 0 Å². The van der Waals surface area contributed by atoms with Gasteiger partial charge in [-0.25, -0.2) is 4.39 Å².